The Balaban J connectivity index is 3.00. The summed E-state index contributed by atoms with van der Waals surface area (Å²) in [5.74, 6) is -2.60. The molecule has 0 saturated heterocycles. The minimum atomic E-state index is -1.07. The van der Waals surface area contributed by atoms with E-state index in [1.807, 2.05) is 0 Å². The predicted molar refractivity (Wildman–Crippen MR) is 66.9 cm³/mol. The second-order valence-corrected chi connectivity index (χ2v) is 3.98. The number of carboxylic acids is 1. The Labute approximate surface area is 113 Å². The lowest BCUT2D eigenvalue weighted by Crippen LogP contribution is -2.32. The van der Waals surface area contributed by atoms with E-state index in [2.05, 4.69) is 0 Å². The molecule has 20 heavy (non-hydrogen) atoms. The number of nitro benzene ring substituents is 1. The molecule has 0 saturated carbocycles. The number of aliphatic carboxylic acids is 1. The summed E-state index contributed by atoms with van der Waals surface area (Å²) in [6.07, 6.45) is -0.253. The first-order chi connectivity index (χ1) is 9.35. The number of rotatable bonds is 6. The van der Waals surface area contributed by atoms with Gasteiger partial charge in [-0.25, -0.2) is 4.39 Å². The van der Waals surface area contributed by atoms with Gasteiger partial charge in [0.1, 0.15) is 5.82 Å². The molecule has 8 heteroatoms. The largest absolute Gasteiger partial charge is 0.481 e. The van der Waals surface area contributed by atoms with Crippen LogP contribution < -0.4 is 0 Å². The molecule has 0 heterocycles. The molecule has 1 rings (SSSR count). The first-order valence-corrected chi connectivity index (χ1v) is 5.81. The third-order valence-electron chi connectivity index (χ3n) is 2.60. The van der Waals surface area contributed by atoms with E-state index in [-0.39, 0.29) is 25.1 Å². The number of benzene rings is 1. The van der Waals surface area contributed by atoms with Gasteiger partial charge in [-0.1, -0.05) is 0 Å². The molecule has 0 aromatic heterocycles. The number of non-ortho nitro benzene ring substituents is 1. The van der Waals surface area contributed by atoms with Gasteiger partial charge >= 0.3 is 5.97 Å². The third kappa shape index (κ3) is 4.01. The zero-order valence-corrected chi connectivity index (χ0v) is 10.7. The van der Waals surface area contributed by atoms with Crippen LogP contribution in [0.1, 0.15) is 23.7 Å². The van der Waals surface area contributed by atoms with E-state index < -0.39 is 28.3 Å². The number of hydrogen-bond donors (Lipinski definition) is 1. The van der Waals surface area contributed by atoms with Gasteiger partial charge in [-0.3, -0.25) is 19.7 Å². The fraction of sp³-hybridized carbons (Fsp3) is 0.333. The maximum absolute atomic E-state index is 13.3. The van der Waals surface area contributed by atoms with E-state index >= 15 is 0 Å². The average Bonchev–Trinajstić information content (AvgIpc) is 2.38. The molecule has 1 N–H and O–H groups in total. The van der Waals surface area contributed by atoms with Gasteiger partial charge in [0, 0.05) is 24.7 Å². The second kappa shape index (κ2) is 6.60. The number of amides is 1. The molecule has 0 atom stereocenters. The summed E-state index contributed by atoms with van der Waals surface area (Å²) < 4.78 is 13.3. The molecular weight excluding hydrogens is 271 g/mol. The Bertz CT molecular complexity index is 547. The number of nitrogens with zero attached hydrogens (tertiary/aromatic N) is 2. The fourth-order valence-corrected chi connectivity index (χ4v) is 1.62. The van der Waals surface area contributed by atoms with Gasteiger partial charge in [-0.2, -0.15) is 0 Å². The molecule has 1 amide bonds. The Hall–Kier alpha value is -2.51. The molecule has 0 aliphatic heterocycles. The maximum atomic E-state index is 13.3. The molecular formula is C12H13FN2O5. The van der Waals surface area contributed by atoms with Gasteiger partial charge in [0.05, 0.1) is 17.4 Å². The van der Waals surface area contributed by atoms with E-state index in [1.54, 1.807) is 6.92 Å². The predicted octanol–water partition coefficient (Wildman–Crippen LogP) is 1.67. The minimum Gasteiger partial charge on any atom is -0.481 e. The van der Waals surface area contributed by atoms with Crippen molar-refractivity contribution in [3.63, 3.8) is 0 Å². The van der Waals surface area contributed by atoms with Crippen LogP contribution in [-0.2, 0) is 4.79 Å². The molecule has 0 spiro atoms. The van der Waals surface area contributed by atoms with Crippen LogP contribution in [0, 0.1) is 15.9 Å². The van der Waals surface area contributed by atoms with Crippen molar-refractivity contribution in [1.29, 1.82) is 0 Å². The van der Waals surface area contributed by atoms with Crippen molar-refractivity contribution in [1.82, 2.24) is 4.90 Å². The van der Waals surface area contributed by atoms with Crippen molar-refractivity contribution in [2.24, 2.45) is 0 Å². The number of halogens is 1. The average molecular weight is 284 g/mol. The Morgan fingerprint density at radius 2 is 2.05 bits per heavy atom. The van der Waals surface area contributed by atoms with Gasteiger partial charge < -0.3 is 10.0 Å². The van der Waals surface area contributed by atoms with Crippen LogP contribution in [0.15, 0.2) is 18.2 Å². The Morgan fingerprint density at radius 3 is 2.55 bits per heavy atom. The molecule has 0 bridgehead atoms. The quantitative estimate of drug-likeness (QED) is 0.632. The highest BCUT2D eigenvalue weighted by Crippen LogP contribution is 2.17. The lowest BCUT2D eigenvalue weighted by atomic mass is 10.1. The number of carbonyl (C=O) groups excluding carboxylic acids is 1. The monoisotopic (exact) mass is 284 g/mol. The minimum absolute atomic E-state index is 0.0466. The van der Waals surface area contributed by atoms with Gasteiger partial charge in [0.15, 0.2) is 0 Å². The van der Waals surface area contributed by atoms with E-state index in [9.17, 15) is 24.1 Å². The molecule has 1 aromatic rings. The van der Waals surface area contributed by atoms with Crippen LogP contribution in [0.5, 0.6) is 0 Å². The second-order valence-electron chi connectivity index (χ2n) is 3.98. The molecule has 7 nitrogen and oxygen atoms in total. The summed E-state index contributed by atoms with van der Waals surface area (Å²) in [5, 5.41) is 19.2. The van der Waals surface area contributed by atoms with Crippen molar-refractivity contribution >= 4 is 17.6 Å². The van der Waals surface area contributed by atoms with Crippen LogP contribution in [0.25, 0.3) is 0 Å². The van der Waals surface area contributed by atoms with Gasteiger partial charge in [0.25, 0.3) is 11.6 Å². The summed E-state index contributed by atoms with van der Waals surface area (Å²) in [4.78, 5) is 33.6. The topological polar surface area (TPSA) is 101 Å². The lowest BCUT2D eigenvalue weighted by molar-refractivity contribution is -0.385. The number of hydrogen-bond acceptors (Lipinski definition) is 4. The standard InChI is InChI=1S/C12H13FN2O5/c1-2-14(4-3-11(16)17)12(18)8-5-9(13)7-10(6-8)15(19)20/h5-7H,2-4H2,1H3,(H,16,17). The van der Waals surface area contributed by atoms with Crippen molar-refractivity contribution in [3.05, 3.63) is 39.7 Å². The number of nitro groups is 1. The van der Waals surface area contributed by atoms with Crippen molar-refractivity contribution in [3.8, 4) is 0 Å². The van der Waals surface area contributed by atoms with Gasteiger partial charge in [0.2, 0.25) is 0 Å². The van der Waals surface area contributed by atoms with E-state index in [0.717, 1.165) is 12.1 Å². The SMILES string of the molecule is CCN(CCC(=O)O)C(=O)c1cc(F)cc([N+](=O)[O-])c1. The lowest BCUT2D eigenvalue weighted by Gasteiger charge is -2.19. The third-order valence-corrected chi connectivity index (χ3v) is 2.60. The maximum Gasteiger partial charge on any atom is 0.305 e. The molecule has 0 fully saturated rings. The van der Waals surface area contributed by atoms with Crippen molar-refractivity contribution < 1.29 is 24.0 Å². The molecule has 108 valence electrons. The molecule has 0 radical (unpaired) electrons. The van der Waals surface area contributed by atoms with Crippen LogP contribution in [0.4, 0.5) is 10.1 Å². The summed E-state index contributed by atoms with van der Waals surface area (Å²) >= 11 is 0. The Kier molecular flexibility index (Phi) is 5.13. The normalized spacial score (nSPS) is 10.1. The van der Waals surface area contributed by atoms with E-state index in [1.165, 1.54) is 4.90 Å². The summed E-state index contributed by atoms with van der Waals surface area (Å²) in [6, 6.07) is 2.57. The molecule has 0 aliphatic rings. The molecule has 1 aromatic carbocycles. The fourth-order valence-electron chi connectivity index (χ4n) is 1.62. The first-order valence-electron chi connectivity index (χ1n) is 5.81. The van der Waals surface area contributed by atoms with Gasteiger partial charge in [-0.05, 0) is 13.0 Å². The van der Waals surface area contributed by atoms with Crippen LogP contribution in [-0.4, -0.2) is 39.9 Å². The smallest absolute Gasteiger partial charge is 0.305 e. The van der Waals surface area contributed by atoms with Gasteiger partial charge in [-0.15, -0.1) is 0 Å². The zero-order valence-electron chi connectivity index (χ0n) is 10.7. The summed E-state index contributed by atoms with van der Waals surface area (Å²) in [6.45, 7) is 1.80. The van der Waals surface area contributed by atoms with Crippen molar-refractivity contribution in [2.75, 3.05) is 13.1 Å². The summed E-state index contributed by atoms with van der Waals surface area (Å²) in [7, 11) is 0. The number of carbonyl (C=O) groups is 2. The summed E-state index contributed by atoms with van der Waals surface area (Å²) in [5.41, 5.74) is -0.702. The van der Waals surface area contributed by atoms with Crippen LogP contribution in [0.2, 0.25) is 0 Å². The van der Waals surface area contributed by atoms with Crippen LogP contribution in [0.3, 0.4) is 0 Å². The highest BCUT2D eigenvalue weighted by atomic mass is 19.1. The number of carboxylic acid groups (broad SMARTS) is 1. The first kappa shape index (κ1) is 15.5. The highest BCUT2D eigenvalue weighted by molar-refractivity contribution is 5.95. The van der Waals surface area contributed by atoms with E-state index in [4.69, 9.17) is 5.11 Å². The zero-order chi connectivity index (χ0) is 15.3. The van der Waals surface area contributed by atoms with E-state index in [0.29, 0.717) is 6.07 Å². The van der Waals surface area contributed by atoms with Crippen molar-refractivity contribution in [2.45, 2.75) is 13.3 Å². The molecule has 0 aliphatic carbocycles. The highest BCUT2D eigenvalue weighted by Gasteiger charge is 2.19. The Morgan fingerprint density at radius 1 is 1.40 bits per heavy atom. The van der Waals surface area contributed by atoms with Crippen LogP contribution >= 0.6 is 0 Å². The molecule has 0 unspecified atom stereocenters.